The van der Waals surface area contributed by atoms with Crippen LogP contribution in [0, 0.1) is 18.8 Å². The fraction of sp³-hybridized carbons (Fsp3) is 0.650. The van der Waals surface area contributed by atoms with Crippen LogP contribution < -0.4 is 0 Å². The van der Waals surface area contributed by atoms with Gasteiger partial charge < -0.3 is 9.80 Å². The number of likely N-dealkylation sites (tertiary alicyclic amines) is 1. The highest BCUT2D eigenvalue weighted by Gasteiger charge is 2.28. The molecule has 142 valence electrons. The number of piperidine rings is 1. The third-order valence-corrected chi connectivity index (χ3v) is 5.35. The highest BCUT2D eigenvalue weighted by atomic mass is 16.2. The lowest BCUT2D eigenvalue weighted by molar-refractivity contribution is -0.135. The van der Waals surface area contributed by atoms with Crippen LogP contribution >= 0.6 is 0 Å². The summed E-state index contributed by atoms with van der Waals surface area (Å²) in [7, 11) is 0. The Kier molecular flexibility index (Phi) is 5.91. The molecule has 6 nitrogen and oxygen atoms in total. The van der Waals surface area contributed by atoms with E-state index in [0.29, 0.717) is 37.2 Å². The topological polar surface area (TPSA) is 56.8 Å². The average molecular weight is 358 g/mol. The normalized spacial score (nSPS) is 24.6. The number of nitrogens with zero attached hydrogens (tertiary/aromatic N) is 4. The van der Waals surface area contributed by atoms with Crippen molar-refractivity contribution in [1.82, 2.24) is 19.7 Å². The molecule has 3 rings (SSSR count). The minimum Gasteiger partial charge on any atom is -0.341 e. The minimum atomic E-state index is -0.0154. The van der Waals surface area contributed by atoms with E-state index in [1.54, 1.807) is 6.07 Å². The van der Waals surface area contributed by atoms with E-state index in [9.17, 15) is 9.59 Å². The van der Waals surface area contributed by atoms with E-state index in [1.165, 1.54) is 6.42 Å². The molecular formula is C20H30N4O2. The molecule has 2 saturated heterocycles. The number of hydrogen-bond donors (Lipinski definition) is 0. The minimum absolute atomic E-state index is 0.0154. The van der Waals surface area contributed by atoms with E-state index < -0.39 is 0 Å². The Bertz CT molecular complexity index is 645. The van der Waals surface area contributed by atoms with Crippen molar-refractivity contribution >= 4 is 11.8 Å². The zero-order valence-corrected chi connectivity index (χ0v) is 16.1. The van der Waals surface area contributed by atoms with E-state index in [-0.39, 0.29) is 11.8 Å². The van der Waals surface area contributed by atoms with Crippen molar-refractivity contribution in [2.45, 2.75) is 27.2 Å². The summed E-state index contributed by atoms with van der Waals surface area (Å²) >= 11 is 0. The molecule has 0 bridgehead atoms. The zero-order valence-electron chi connectivity index (χ0n) is 16.1. The maximum absolute atomic E-state index is 12.6. The van der Waals surface area contributed by atoms with Crippen LogP contribution in [0.3, 0.4) is 0 Å². The van der Waals surface area contributed by atoms with Gasteiger partial charge in [-0.25, -0.2) is 4.98 Å². The molecule has 6 heteroatoms. The summed E-state index contributed by atoms with van der Waals surface area (Å²) in [4.78, 5) is 35.5. The molecule has 2 fully saturated rings. The van der Waals surface area contributed by atoms with Gasteiger partial charge in [-0.15, -0.1) is 0 Å². The first-order chi connectivity index (χ1) is 12.4. The summed E-state index contributed by atoms with van der Waals surface area (Å²) in [5.41, 5.74) is 1.36. The number of pyridine rings is 1. The molecule has 3 heterocycles. The molecule has 26 heavy (non-hydrogen) atoms. The molecule has 2 unspecified atom stereocenters. The smallest absolute Gasteiger partial charge is 0.272 e. The number of amides is 2. The van der Waals surface area contributed by atoms with E-state index in [4.69, 9.17) is 0 Å². The first-order valence-electron chi connectivity index (χ1n) is 9.65. The SMILES string of the molecule is Cc1cccc(C(=O)N2CCN(CC(=O)N3CC(C)CC(C)C3)CC2)n1. The highest BCUT2D eigenvalue weighted by Crippen LogP contribution is 2.21. The molecule has 0 aliphatic carbocycles. The Morgan fingerprint density at radius 2 is 1.69 bits per heavy atom. The van der Waals surface area contributed by atoms with Crippen LogP contribution in [-0.4, -0.2) is 77.3 Å². The van der Waals surface area contributed by atoms with Crippen LogP contribution in [0.25, 0.3) is 0 Å². The van der Waals surface area contributed by atoms with Gasteiger partial charge in [0, 0.05) is 45.0 Å². The quantitative estimate of drug-likeness (QED) is 0.824. The summed E-state index contributed by atoms with van der Waals surface area (Å²) in [5, 5.41) is 0. The van der Waals surface area contributed by atoms with E-state index in [1.807, 2.05) is 28.9 Å². The standard InChI is InChI=1S/C20H30N4O2/c1-15-11-16(2)13-24(12-15)19(25)14-22-7-9-23(10-8-22)20(26)18-6-4-5-17(3)21-18/h4-6,15-16H,7-14H2,1-3H3. The Hall–Kier alpha value is -1.95. The van der Waals surface area contributed by atoms with Gasteiger partial charge in [0.15, 0.2) is 0 Å². The summed E-state index contributed by atoms with van der Waals surface area (Å²) in [6.45, 7) is 11.3. The van der Waals surface area contributed by atoms with Crippen molar-refractivity contribution < 1.29 is 9.59 Å². The Balaban J connectivity index is 1.49. The lowest BCUT2D eigenvalue weighted by atomic mass is 9.92. The number of piperazine rings is 1. The van der Waals surface area contributed by atoms with E-state index >= 15 is 0 Å². The number of rotatable bonds is 3. The molecule has 0 N–H and O–H groups in total. The van der Waals surface area contributed by atoms with Crippen LogP contribution in [0.5, 0.6) is 0 Å². The second kappa shape index (κ2) is 8.16. The number of carbonyl (C=O) groups is 2. The van der Waals surface area contributed by atoms with Gasteiger partial charge in [-0.1, -0.05) is 19.9 Å². The molecule has 1 aromatic heterocycles. The van der Waals surface area contributed by atoms with Crippen molar-refractivity contribution in [3.63, 3.8) is 0 Å². The van der Waals surface area contributed by atoms with Gasteiger partial charge in [0.25, 0.3) is 5.91 Å². The van der Waals surface area contributed by atoms with Crippen LogP contribution in [0.2, 0.25) is 0 Å². The van der Waals surface area contributed by atoms with Crippen LogP contribution in [0.15, 0.2) is 18.2 Å². The summed E-state index contributed by atoms with van der Waals surface area (Å²) in [6.07, 6.45) is 1.21. The maximum Gasteiger partial charge on any atom is 0.272 e. The average Bonchev–Trinajstić information content (AvgIpc) is 2.61. The van der Waals surface area contributed by atoms with Gasteiger partial charge in [0.05, 0.1) is 6.54 Å². The predicted octanol–water partition coefficient (Wildman–Crippen LogP) is 1.65. The van der Waals surface area contributed by atoms with Gasteiger partial charge in [-0.2, -0.15) is 0 Å². The lowest BCUT2D eigenvalue weighted by Gasteiger charge is -2.38. The second-order valence-corrected chi connectivity index (χ2v) is 7.98. The fourth-order valence-electron chi connectivity index (χ4n) is 4.09. The van der Waals surface area contributed by atoms with Gasteiger partial charge in [0.1, 0.15) is 5.69 Å². The summed E-state index contributed by atoms with van der Waals surface area (Å²) in [6, 6.07) is 5.53. The second-order valence-electron chi connectivity index (χ2n) is 7.98. The molecular weight excluding hydrogens is 328 g/mol. The van der Waals surface area contributed by atoms with Gasteiger partial charge >= 0.3 is 0 Å². The summed E-state index contributed by atoms with van der Waals surface area (Å²) < 4.78 is 0. The molecule has 2 atom stereocenters. The van der Waals surface area contributed by atoms with Crippen LogP contribution in [0.4, 0.5) is 0 Å². The first-order valence-corrected chi connectivity index (χ1v) is 9.65. The Labute approximate surface area is 156 Å². The largest absolute Gasteiger partial charge is 0.341 e. The third-order valence-electron chi connectivity index (χ3n) is 5.35. The van der Waals surface area contributed by atoms with Gasteiger partial charge in [-0.3, -0.25) is 14.5 Å². The molecule has 2 amide bonds. The van der Waals surface area contributed by atoms with Crippen molar-refractivity contribution in [1.29, 1.82) is 0 Å². The molecule has 2 aliphatic rings. The molecule has 0 radical (unpaired) electrons. The Morgan fingerprint density at radius 1 is 1.04 bits per heavy atom. The maximum atomic E-state index is 12.6. The van der Waals surface area contributed by atoms with E-state index in [0.717, 1.165) is 31.9 Å². The molecule has 0 aromatic carbocycles. The van der Waals surface area contributed by atoms with Crippen molar-refractivity contribution in [3.05, 3.63) is 29.6 Å². The van der Waals surface area contributed by atoms with Crippen molar-refractivity contribution in [2.75, 3.05) is 45.8 Å². The number of aromatic nitrogens is 1. The molecule has 2 aliphatic heterocycles. The lowest BCUT2D eigenvalue weighted by Crippen LogP contribution is -2.53. The molecule has 1 aromatic rings. The Morgan fingerprint density at radius 3 is 2.31 bits per heavy atom. The fourth-order valence-corrected chi connectivity index (χ4v) is 4.09. The van der Waals surface area contributed by atoms with E-state index in [2.05, 4.69) is 23.7 Å². The van der Waals surface area contributed by atoms with Crippen LogP contribution in [0.1, 0.15) is 36.5 Å². The number of hydrogen-bond acceptors (Lipinski definition) is 4. The summed E-state index contributed by atoms with van der Waals surface area (Å²) in [5.74, 6) is 1.37. The number of carbonyl (C=O) groups excluding carboxylic acids is 2. The number of aryl methyl sites for hydroxylation is 1. The third kappa shape index (κ3) is 4.61. The zero-order chi connectivity index (χ0) is 18.7. The van der Waals surface area contributed by atoms with Gasteiger partial charge in [0.2, 0.25) is 5.91 Å². The van der Waals surface area contributed by atoms with Gasteiger partial charge in [-0.05, 0) is 37.3 Å². The predicted molar refractivity (Wildman–Crippen MR) is 101 cm³/mol. The first kappa shape index (κ1) is 18.8. The van der Waals surface area contributed by atoms with Crippen LogP contribution in [-0.2, 0) is 4.79 Å². The molecule has 0 spiro atoms. The molecule has 0 saturated carbocycles. The monoisotopic (exact) mass is 358 g/mol. The van der Waals surface area contributed by atoms with Crippen molar-refractivity contribution in [2.24, 2.45) is 11.8 Å². The van der Waals surface area contributed by atoms with Crippen molar-refractivity contribution in [3.8, 4) is 0 Å². The highest BCUT2D eigenvalue weighted by molar-refractivity contribution is 5.92.